The van der Waals surface area contributed by atoms with Gasteiger partial charge in [-0.3, -0.25) is 0 Å². The molecule has 0 aromatic heterocycles. The van der Waals surface area contributed by atoms with Gasteiger partial charge in [-0.25, -0.2) is 0 Å². The summed E-state index contributed by atoms with van der Waals surface area (Å²) in [5.74, 6) is -0.615. The van der Waals surface area contributed by atoms with Gasteiger partial charge in [0.05, 0.1) is 0 Å². The summed E-state index contributed by atoms with van der Waals surface area (Å²) in [6, 6.07) is 1.64. The molecule has 0 aliphatic heterocycles. The molecule has 1 rings (SSSR count). The van der Waals surface area contributed by atoms with E-state index in [1.165, 1.54) is 26.4 Å². The molecule has 1 unspecified atom stereocenters. The first kappa shape index (κ1) is 23.5. The summed E-state index contributed by atoms with van der Waals surface area (Å²) in [7, 11) is 2.80. The summed E-state index contributed by atoms with van der Waals surface area (Å²) in [5, 5.41) is 23.4. The SMILES string of the molecule is COc1cc(C[Se]CC(NC(=O)OC(C)(C)C)C(=O)O)c([N+](=O)[O-])cc1OC. The molecule has 0 spiro atoms. The Hall–Kier alpha value is -2.52. The molecule has 0 aliphatic carbocycles. The van der Waals surface area contributed by atoms with Crippen molar-refractivity contribution in [3.63, 3.8) is 0 Å². The molecule has 156 valence electrons. The second kappa shape index (κ2) is 10.1. The number of nitro benzene ring substituents is 1. The number of hydrogen-bond donors (Lipinski definition) is 2. The predicted octanol–water partition coefficient (Wildman–Crippen LogP) is 2.21. The number of nitro groups is 1. The molecule has 1 amide bonds. The number of methoxy groups -OCH3 is 2. The molecule has 0 saturated heterocycles. The zero-order valence-electron chi connectivity index (χ0n) is 16.3. The van der Waals surface area contributed by atoms with Gasteiger partial charge >= 0.3 is 168 Å². The van der Waals surface area contributed by atoms with Gasteiger partial charge in [0.1, 0.15) is 0 Å². The number of alkyl carbamates (subject to hydrolysis) is 1. The van der Waals surface area contributed by atoms with E-state index in [0.717, 1.165) is 0 Å². The van der Waals surface area contributed by atoms with Gasteiger partial charge in [-0.15, -0.1) is 0 Å². The van der Waals surface area contributed by atoms with E-state index in [4.69, 9.17) is 14.2 Å². The van der Waals surface area contributed by atoms with Crippen molar-refractivity contribution in [3.05, 3.63) is 27.8 Å². The first-order valence-electron chi connectivity index (χ1n) is 8.17. The van der Waals surface area contributed by atoms with Crippen LogP contribution in [0.3, 0.4) is 0 Å². The second-order valence-corrected chi connectivity index (χ2v) is 8.81. The summed E-state index contributed by atoms with van der Waals surface area (Å²) < 4.78 is 15.3. The van der Waals surface area contributed by atoms with Crippen molar-refractivity contribution in [1.29, 1.82) is 0 Å². The Labute approximate surface area is 168 Å². The number of carbonyl (C=O) groups is 2. The Bertz CT molecular complexity index is 733. The van der Waals surface area contributed by atoms with E-state index in [9.17, 15) is 24.8 Å². The van der Waals surface area contributed by atoms with Crippen LogP contribution in [0.5, 0.6) is 11.5 Å². The third kappa shape index (κ3) is 7.24. The monoisotopic (exact) mass is 464 g/mol. The number of carboxylic acid groups (broad SMARTS) is 1. The van der Waals surface area contributed by atoms with E-state index in [2.05, 4.69) is 5.32 Å². The van der Waals surface area contributed by atoms with Crippen LogP contribution in [-0.4, -0.2) is 62.9 Å². The fourth-order valence-corrected chi connectivity index (χ4v) is 4.27. The van der Waals surface area contributed by atoms with Crippen molar-refractivity contribution < 1.29 is 33.8 Å². The first-order chi connectivity index (χ1) is 13.0. The Morgan fingerprint density at radius 2 is 1.82 bits per heavy atom. The zero-order valence-corrected chi connectivity index (χ0v) is 18.0. The van der Waals surface area contributed by atoms with Gasteiger partial charge < -0.3 is 0 Å². The molecule has 0 radical (unpaired) electrons. The molecule has 0 heterocycles. The van der Waals surface area contributed by atoms with Crippen LogP contribution in [0.4, 0.5) is 10.5 Å². The van der Waals surface area contributed by atoms with Crippen molar-refractivity contribution in [3.8, 4) is 11.5 Å². The maximum absolute atomic E-state index is 11.8. The summed E-state index contributed by atoms with van der Waals surface area (Å²) in [5.41, 5.74) is -0.478. The molecular weight excluding hydrogens is 439 g/mol. The third-order valence-electron chi connectivity index (χ3n) is 3.31. The number of hydrogen-bond acceptors (Lipinski definition) is 7. The van der Waals surface area contributed by atoms with Crippen LogP contribution in [0, 0.1) is 10.1 Å². The second-order valence-electron chi connectivity index (χ2n) is 6.65. The fourth-order valence-electron chi connectivity index (χ4n) is 2.11. The molecule has 10 nitrogen and oxygen atoms in total. The van der Waals surface area contributed by atoms with Crippen LogP contribution in [0.15, 0.2) is 12.1 Å². The Kier molecular flexibility index (Phi) is 8.52. The van der Waals surface area contributed by atoms with Gasteiger partial charge in [-0.2, -0.15) is 0 Å². The molecule has 11 heteroatoms. The van der Waals surface area contributed by atoms with Crippen LogP contribution in [-0.2, 0) is 14.9 Å². The van der Waals surface area contributed by atoms with E-state index in [1.54, 1.807) is 20.8 Å². The van der Waals surface area contributed by atoms with Crippen molar-refractivity contribution in [1.82, 2.24) is 5.32 Å². The standard InChI is InChI=1S/C17H24N2O8Se/c1-17(2,3)27-16(22)18-11(15(20)21)9-28-8-10-6-13(25-4)14(26-5)7-12(10)19(23)24/h6-7,11H,8-9H2,1-5H3,(H,18,22)(H,20,21). The van der Waals surface area contributed by atoms with E-state index < -0.39 is 28.6 Å². The average molecular weight is 463 g/mol. The van der Waals surface area contributed by atoms with E-state index >= 15 is 0 Å². The predicted molar refractivity (Wildman–Crippen MR) is 101 cm³/mol. The summed E-state index contributed by atoms with van der Waals surface area (Å²) in [6.45, 7) is 5.01. The minimum atomic E-state index is -1.20. The molecule has 0 aliphatic rings. The molecule has 0 fully saturated rings. The molecule has 2 N–H and O–H groups in total. The number of aliphatic carboxylic acids is 1. The zero-order chi connectivity index (χ0) is 21.5. The number of benzene rings is 1. The molecule has 0 bridgehead atoms. The maximum atomic E-state index is 11.8. The van der Waals surface area contributed by atoms with Gasteiger partial charge in [0.2, 0.25) is 0 Å². The molecule has 1 aromatic carbocycles. The molecule has 28 heavy (non-hydrogen) atoms. The van der Waals surface area contributed by atoms with Crippen LogP contribution in [0.2, 0.25) is 5.32 Å². The number of nitrogens with zero attached hydrogens (tertiary/aromatic N) is 1. The van der Waals surface area contributed by atoms with Crippen molar-refractivity contribution >= 4 is 32.7 Å². The quantitative estimate of drug-likeness (QED) is 0.323. The van der Waals surface area contributed by atoms with E-state index in [0.29, 0.717) is 11.3 Å². The van der Waals surface area contributed by atoms with E-state index in [1.807, 2.05) is 0 Å². The summed E-state index contributed by atoms with van der Waals surface area (Å²) >= 11 is -0.345. The molecule has 1 atom stereocenters. The van der Waals surface area contributed by atoms with Gasteiger partial charge in [-0.1, -0.05) is 0 Å². The Balaban J connectivity index is 2.85. The summed E-state index contributed by atoms with van der Waals surface area (Å²) in [6.07, 6.45) is -0.826. The Morgan fingerprint density at radius 3 is 2.29 bits per heavy atom. The minimum absolute atomic E-state index is 0.132. The van der Waals surface area contributed by atoms with Crippen LogP contribution < -0.4 is 14.8 Å². The van der Waals surface area contributed by atoms with Crippen LogP contribution in [0.25, 0.3) is 0 Å². The molecular formula is C17H24N2O8Se. The topological polar surface area (TPSA) is 137 Å². The first-order valence-corrected chi connectivity index (χ1v) is 10.6. The van der Waals surface area contributed by atoms with Gasteiger partial charge in [0.15, 0.2) is 0 Å². The van der Waals surface area contributed by atoms with Crippen molar-refractivity contribution in [2.45, 2.75) is 43.1 Å². The Morgan fingerprint density at radius 1 is 1.25 bits per heavy atom. The van der Waals surface area contributed by atoms with Gasteiger partial charge in [0.25, 0.3) is 0 Å². The van der Waals surface area contributed by atoms with E-state index in [-0.39, 0.29) is 37.0 Å². The van der Waals surface area contributed by atoms with Crippen molar-refractivity contribution in [2.75, 3.05) is 14.2 Å². The molecule has 1 aromatic rings. The van der Waals surface area contributed by atoms with Crippen LogP contribution in [0.1, 0.15) is 26.3 Å². The number of carbonyl (C=O) groups excluding carboxylic acids is 1. The fraction of sp³-hybridized carbons (Fsp3) is 0.529. The third-order valence-corrected chi connectivity index (χ3v) is 5.59. The average Bonchev–Trinajstić information content (AvgIpc) is 2.58. The van der Waals surface area contributed by atoms with Crippen LogP contribution >= 0.6 is 0 Å². The molecule has 0 saturated carbocycles. The summed E-state index contributed by atoms with van der Waals surface area (Å²) in [4.78, 5) is 34.0. The van der Waals surface area contributed by atoms with Gasteiger partial charge in [-0.05, 0) is 0 Å². The normalized spacial score (nSPS) is 12.0. The van der Waals surface area contributed by atoms with Gasteiger partial charge in [0, 0.05) is 0 Å². The number of carboxylic acids is 1. The number of ether oxygens (including phenoxy) is 3. The van der Waals surface area contributed by atoms with Crippen molar-refractivity contribution in [2.24, 2.45) is 0 Å². The number of nitrogens with one attached hydrogen (secondary N) is 1. The number of amides is 1. The number of rotatable bonds is 9.